The number of amides is 1. The summed E-state index contributed by atoms with van der Waals surface area (Å²) in [5, 5.41) is 6.99. The van der Waals surface area contributed by atoms with Crippen LogP contribution in [-0.4, -0.2) is 25.7 Å². The van der Waals surface area contributed by atoms with Crippen LogP contribution in [0.5, 0.6) is 0 Å². The van der Waals surface area contributed by atoms with E-state index < -0.39 is 17.3 Å². The molecule has 5 rings (SSSR count). The predicted molar refractivity (Wildman–Crippen MR) is 124 cm³/mol. The molecule has 0 radical (unpaired) electrons. The number of aromatic amines is 1. The lowest BCUT2D eigenvalue weighted by Gasteiger charge is -2.10. The van der Waals surface area contributed by atoms with Crippen LogP contribution >= 0.6 is 11.6 Å². The van der Waals surface area contributed by atoms with Crippen molar-refractivity contribution < 1.29 is 13.6 Å². The largest absolute Gasteiger partial charge is 0.463 e. The molecule has 3 heterocycles. The second-order valence-corrected chi connectivity index (χ2v) is 7.58. The highest BCUT2D eigenvalue weighted by Crippen LogP contribution is 2.26. The lowest BCUT2D eigenvalue weighted by molar-refractivity contribution is 0.102. The van der Waals surface area contributed by atoms with Crippen molar-refractivity contribution in [2.24, 2.45) is 0 Å². The summed E-state index contributed by atoms with van der Waals surface area (Å²) in [6, 6.07) is 19.3. The first-order valence-electron chi connectivity index (χ1n) is 10.1. The summed E-state index contributed by atoms with van der Waals surface area (Å²) in [5.74, 6) is -1.00. The molecule has 0 saturated heterocycles. The first-order chi connectivity index (χ1) is 16.5. The molecule has 8 nitrogen and oxygen atoms in total. The average Bonchev–Trinajstić information content (AvgIpc) is 3.49. The van der Waals surface area contributed by atoms with Crippen LogP contribution < -0.4 is 10.9 Å². The molecule has 0 fully saturated rings. The summed E-state index contributed by atoms with van der Waals surface area (Å²) >= 11 is 6.05. The van der Waals surface area contributed by atoms with E-state index in [9.17, 15) is 14.0 Å². The van der Waals surface area contributed by atoms with E-state index in [4.69, 9.17) is 16.0 Å². The fourth-order valence-corrected chi connectivity index (χ4v) is 3.62. The molecule has 2 aromatic carbocycles. The quantitative estimate of drug-likeness (QED) is 0.375. The first kappa shape index (κ1) is 21.4. The van der Waals surface area contributed by atoms with E-state index in [2.05, 4.69) is 20.4 Å². The van der Waals surface area contributed by atoms with Crippen molar-refractivity contribution in [2.45, 2.75) is 0 Å². The molecule has 1 amide bonds. The maximum Gasteiger partial charge on any atom is 0.261 e. The third kappa shape index (κ3) is 4.12. The van der Waals surface area contributed by atoms with E-state index in [-0.39, 0.29) is 22.4 Å². The minimum atomic E-state index is -0.795. The summed E-state index contributed by atoms with van der Waals surface area (Å²) in [7, 11) is 0. The van der Waals surface area contributed by atoms with E-state index in [0.29, 0.717) is 17.1 Å². The highest BCUT2D eigenvalue weighted by atomic mass is 35.5. The van der Waals surface area contributed by atoms with Gasteiger partial charge in [0.2, 0.25) is 5.95 Å². The summed E-state index contributed by atoms with van der Waals surface area (Å²) < 4.78 is 20.9. The van der Waals surface area contributed by atoms with Crippen LogP contribution in [0.25, 0.3) is 28.7 Å². The van der Waals surface area contributed by atoms with Crippen molar-refractivity contribution in [3.63, 3.8) is 0 Å². The van der Waals surface area contributed by atoms with E-state index in [1.165, 1.54) is 35.2 Å². The van der Waals surface area contributed by atoms with Crippen LogP contribution in [-0.2, 0) is 0 Å². The zero-order chi connectivity index (χ0) is 23.7. The number of H-pyrrole nitrogens is 1. The average molecular weight is 476 g/mol. The van der Waals surface area contributed by atoms with Gasteiger partial charge < -0.3 is 9.73 Å². The van der Waals surface area contributed by atoms with Gasteiger partial charge in [-0.05, 0) is 24.3 Å². The zero-order valence-electron chi connectivity index (χ0n) is 17.3. The van der Waals surface area contributed by atoms with Gasteiger partial charge in [-0.3, -0.25) is 14.6 Å². The van der Waals surface area contributed by atoms with Crippen molar-refractivity contribution in [1.29, 1.82) is 0 Å². The Kier molecular flexibility index (Phi) is 5.52. The van der Waals surface area contributed by atoms with Crippen molar-refractivity contribution in [3.8, 4) is 28.7 Å². The number of carbonyl (C=O) groups excluding carboxylic acids is 1. The number of aromatic nitrogens is 4. The van der Waals surface area contributed by atoms with Gasteiger partial charge in [0.1, 0.15) is 17.3 Å². The van der Waals surface area contributed by atoms with Gasteiger partial charge in [0.15, 0.2) is 5.76 Å². The number of furan rings is 1. The molecule has 10 heteroatoms. The highest BCUT2D eigenvalue weighted by Gasteiger charge is 2.21. The molecule has 0 unspecified atom stereocenters. The van der Waals surface area contributed by atoms with E-state index in [1.807, 2.05) is 30.3 Å². The van der Waals surface area contributed by atoms with Gasteiger partial charge in [0, 0.05) is 17.7 Å². The van der Waals surface area contributed by atoms with E-state index in [1.54, 1.807) is 12.1 Å². The Balaban J connectivity index is 1.62. The number of rotatable bonds is 5. The smallest absolute Gasteiger partial charge is 0.261 e. The normalized spacial score (nSPS) is 10.9. The minimum absolute atomic E-state index is 0.0408. The van der Waals surface area contributed by atoms with Gasteiger partial charge in [-0.15, -0.1) is 0 Å². The maximum atomic E-state index is 14.3. The number of benzene rings is 2. The van der Waals surface area contributed by atoms with Gasteiger partial charge >= 0.3 is 0 Å². The highest BCUT2D eigenvalue weighted by molar-refractivity contribution is 6.34. The second-order valence-electron chi connectivity index (χ2n) is 7.17. The second kappa shape index (κ2) is 8.80. The van der Waals surface area contributed by atoms with E-state index in [0.717, 1.165) is 11.6 Å². The Labute approximate surface area is 196 Å². The van der Waals surface area contributed by atoms with Crippen LogP contribution in [0.4, 0.5) is 10.2 Å². The number of nitrogens with zero attached hydrogens (tertiary/aromatic N) is 3. The first-order valence-corrected chi connectivity index (χ1v) is 10.4. The molecule has 0 aliphatic carbocycles. The fourth-order valence-electron chi connectivity index (χ4n) is 3.37. The number of nitrogens with one attached hydrogen (secondary N) is 2. The lowest BCUT2D eigenvalue weighted by Crippen LogP contribution is -2.19. The molecule has 0 bridgehead atoms. The molecule has 0 aliphatic heterocycles. The lowest BCUT2D eigenvalue weighted by atomic mass is 10.1. The maximum absolute atomic E-state index is 14.3. The molecule has 0 spiro atoms. The van der Waals surface area contributed by atoms with Crippen LogP contribution in [0.1, 0.15) is 10.4 Å². The Hall–Kier alpha value is -4.50. The number of hydrogen-bond acceptors (Lipinski definition) is 5. The molecule has 3 aromatic heterocycles. The molecular formula is C24H15ClFN5O3. The van der Waals surface area contributed by atoms with Crippen LogP contribution in [0.15, 0.2) is 88.3 Å². The molecule has 34 heavy (non-hydrogen) atoms. The third-order valence-electron chi connectivity index (χ3n) is 4.91. The molecular weight excluding hydrogens is 461 g/mol. The van der Waals surface area contributed by atoms with Gasteiger partial charge in [0.05, 0.1) is 22.5 Å². The Morgan fingerprint density at radius 3 is 2.59 bits per heavy atom. The standard InChI is InChI=1S/C24H15ClFN5O3/c25-15-8-4-9-16(26)22(15)23(33)28-20-12-18(19-10-5-11-34-19)30-31(20)24-27-17(13-21(32)29-24)14-6-2-1-3-7-14/h1-13H,(H,28,33)(H,27,29,32). The molecule has 0 aliphatic rings. The van der Waals surface area contributed by atoms with Gasteiger partial charge in [-0.2, -0.15) is 9.78 Å². The van der Waals surface area contributed by atoms with E-state index >= 15 is 0 Å². The molecule has 0 atom stereocenters. The fraction of sp³-hybridized carbons (Fsp3) is 0. The summed E-state index contributed by atoms with van der Waals surface area (Å²) in [4.78, 5) is 32.5. The summed E-state index contributed by atoms with van der Waals surface area (Å²) in [6.45, 7) is 0. The summed E-state index contributed by atoms with van der Waals surface area (Å²) in [6.07, 6.45) is 1.47. The van der Waals surface area contributed by atoms with Gasteiger partial charge in [-0.25, -0.2) is 9.37 Å². The van der Waals surface area contributed by atoms with Crippen molar-refractivity contribution in [2.75, 3.05) is 5.32 Å². The predicted octanol–water partition coefficient (Wildman–Crippen LogP) is 4.93. The summed E-state index contributed by atoms with van der Waals surface area (Å²) in [5.41, 5.74) is 0.734. The zero-order valence-corrected chi connectivity index (χ0v) is 18.1. The van der Waals surface area contributed by atoms with Crippen molar-refractivity contribution in [3.05, 3.63) is 106 Å². The molecule has 0 saturated carbocycles. The van der Waals surface area contributed by atoms with Crippen LogP contribution in [0.2, 0.25) is 5.02 Å². The number of halogens is 2. The Morgan fingerprint density at radius 1 is 1.03 bits per heavy atom. The van der Waals surface area contributed by atoms with Crippen LogP contribution in [0.3, 0.4) is 0 Å². The topological polar surface area (TPSA) is 106 Å². The molecule has 2 N–H and O–H groups in total. The van der Waals surface area contributed by atoms with Crippen molar-refractivity contribution >= 4 is 23.3 Å². The van der Waals surface area contributed by atoms with Crippen LogP contribution in [0, 0.1) is 5.82 Å². The number of carbonyl (C=O) groups is 1. The van der Waals surface area contributed by atoms with Crippen molar-refractivity contribution in [1.82, 2.24) is 19.7 Å². The number of anilines is 1. The SMILES string of the molecule is O=C(Nc1cc(-c2ccco2)nn1-c1nc(-c2ccccc2)cc(=O)[nH]1)c1c(F)cccc1Cl. The molecule has 5 aromatic rings. The number of hydrogen-bond donors (Lipinski definition) is 2. The van der Waals surface area contributed by atoms with Gasteiger partial charge in [0.25, 0.3) is 11.5 Å². The third-order valence-corrected chi connectivity index (χ3v) is 5.23. The van der Waals surface area contributed by atoms with Gasteiger partial charge in [-0.1, -0.05) is 48.0 Å². The Bertz CT molecular complexity index is 1520. The monoisotopic (exact) mass is 475 g/mol. The molecule has 168 valence electrons. The minimum Gasteiger partial charge on any atom is -0.463 e. The Morgan fingerprint density at radius 2 is 1.85 bits per heavy atom.